The Balaban J connectivity index is 2.14. The van der Waals surface area contributed by atoms with E-state index in [4.69, 9.17) is 5.26 Å². The molecule has 1 aromatic carbocycles. The van der Waals surface area contributed by atoms with Crippen LogP contribution in [0.15, 0.2) is 18.2 Å². The van der Waals surface area contributed by atoms with Crippen molar-refractivity contribution in [2.75, 3.05) is 44.7 Å². The number of piperazine rings is 1. The zero-order chi connectivity index (χ0) is 17.0. The highest BCUT2D eigenvalue weighted by atomic mass is 19.4. The molecule has 0 saturated carbocycles. The summed E-state index contributed by atoms with van der Waals surface area (Å²) in [6.07, 6.45) is -4.50. The Labute approximate surface area is 132 Å². The summed E-state index contributed by atoms with van der Waals surface area (Å²) in [5, 5.41) is 12.2. The van der Waals surface area contributed by atoms with Crippen LogP contribution in [0.5, 0.6) is 0 Å². The fraction of sp³-hybridized carbons (Fsp3) is 0.467. The van der Waals surface area contributed by atoms with Crippen LogP contribution in [-0.4, -0.2) is 50.6 Å². The molecule has 0 atom stereocenters. The lowest BCUT2D eigenvalue weighted by molar-refractivity contribution is -0.137. The summed E-state index contributed by atoms with van der Waals surface area (Å²) in [4.78, 5) is 15.4. The second-order valence-electron chi connectivity index (χ2n) is 5.33. The van der Waals surface area contributed by atoms with Gasteiger partial charge in [0, 0.05) is 33.2 Å². The van der Waals surface area contributed by atoms with Gasteiger partial charge in [-0.25, -0.2) is 0 Å². The minimum absolute atomic E-state index is 0.0139. The SMILES string of the molecule is CN(CC(=O)N1CCNCC1)c1ccc(C(F)(F)F)cc1C#N. The van der Waals surface area contributed by atoms with Gasteiger partial charge >= 0.3 is 6.18 Å². The van der Waals surface area contributed by atoms with Crippen LogP contribution in [0.1, 0.15) is 11.1 Å². The van der Waals surface area contributed by atoms with Gasteiger partial charge in [0.2, 0.25) is 5.91 Å². The molecule has 1 aromatic rings. The molecule has 5 nitrogen and oxygen atoms in total. The predicted molar refractivity (Wildman–Crippen MR) is 78.9 cm³/mol. The summed E-state index contributed by atoms with van der Waals surface area (Å²) in [7, 11) is 1.59. The van der Waals surface area contributed by atoms with Gasteiger partial charge in [0.15, 0.2) is 0 Å². The van der Waals surface area contributed by atoms with E-state index in [1.807, 2.05) is 0 Å². The lowest BCUT2D eigenvalue weighted by Gasteiger charge is -2.30. The first-order valence-corrected chi connectivity index (χ1v) is 7.14. The molecule has 124 valence electrons. The molecule has 1 aliphatic heterocycles. The molecule has 0 radical (unpaired) electrons. The third-order valence-electron chi connectivity index (χ3n) is 3.70. The van der Waals surface area contributed by atoms with Crippen molar-refractivity contribution in [3.05, 3.63) is 29.3 Å². The van der Waals surface area contributed by atoms with Crippen molar-refractivity contribution in [1.82, 2.24) is 10.2 Å². The Bertz CT molecular complexity index is 618. The molecule has 0 spiro atoms. The fourth-order valence-corrected chi connectivity index (χ4v) is 2.44. The summed E-state index contributed by atoms with van der Waals surface area (Å²) in [6.45, 7) is 2.66. The quantitative estimate of drug-likeness (QED) is 0.913. The van der Waals surface area contributed by atoms with E-state index in [0.29, 0.717) is 18.8 Å². The van der Waals surface area contributed by atoms with E-state index in [1.54, 1.807) is 18.0 Å². The van der Waals surface area contributed by atoms with E-state index >= 15 is 0 Å². The van der Waals surface area contributed by atoms with Gasteiger partial charge in [0.1, 0.15) is 6.07 Å². The van der Waals surface area contributed by atoms with Crippen LogP contribution >= 0.6 is 0 Å². The number of rotatable bonds is 3. The molecule has 23 heavy (non-hydrogen) atoms. The third kappa shape index (κ3) is 4.13. The molecule has 1 N–H and O–H groups in total. The van der Waals surface area contributed by atoms with Crippen molar-refractivity contribution in [3.8, 4) is 6.07 Å². The number of hydrogen-bond acceptors (Lipinski definition) is 4. The van der Waals surface area contributed by atoms with Crippen molar-refractivity contribution >= 4 is 11.6 Å². The second-order valence-corrected chi connectivity index (χ2v) is 5.33. The second kappa shape index (κ2) is 6.87. The van der Waals surface area contributed by atoms with Gasteiger partial charge in [0.25, 0.3) is 0 Å². The first kappa shape index (κ1) is 17.1. The summed E-state index contributed by atoms with van der Waals surface area (Å²) < 4.78 is 38.1. The minimum atomic E-state index is -4.50. The first-order valence-electron chi connectivity index (χ1n) is 7.14. The average molecular weight is 326 g/mol. The van der Waals surface area contributed by atoms with Gasteiger partial charge in [-0.2, -0.15) is 18.4 Å². The number of nitrogens with one attached hydrogen (secondary N) is 1. The Hall–Kier alpha value is -2.27. The van der Waals surface area contributed by atoms with E-state index in [0.717, 1.165) is 25.2 Å². The minimum Gasteiger partial charge on any atom is -0.364 e. The van der Waals surface area contributed by atoms with Gasteiger partial charge in [-0.3, -0.25) is 4.79 Å². The van der Waals surface area contributed by atoms with Crippen LogP contribution in [0.2, 0.25) is 0 Å². The lowest BCUT2D eigenvalue weighted by Crippen LogP contribution is -2.49. The molecule has 1 aliphatic rings. The standard InChI is InChI=1S/C15H17F3N4O/c1-21(10-14(23)22-6-4-20-5-7-22)13-3-2-12(15(16,17)18)8-11(13)9-19/h2-3,8,20H,4-7,10H2,1H3. The summed E-state index contributed by atoms with van der Waals surface area (Å²) in [6, 6.07) is 4.72. The number of nitrogens with zero attached hydrogens (tertiary/aromatic N) is 3. The predicted octanol–water partition coefficient (Wildman–Crippen LogP) is 1.45. The van der Waals surface area contributed by atoms with E-state index in [-0.39, 0.29) is 18.0 Å². The van der Waals surface area contributed by atoms with Crippen LogP contribution in [-0.2, 0) is 11.0 Å². The molecule has 1 heterocycles. The van der Waals surface area contributed by atoms with Gasteiger partial charge in [0.05, 0.1) is 23.4 Å². The number of hydrogen-bond donors (Lipinski definition) is 1. The smallest absolute Gasteiger partial charge is 0.364 e. The normalized spacial score (nSPS) is 15.2. The zero-order valence-corrected chi connectivity index (χ0v) is 12.7. The van der Waals surface area contributed by atoms with Crippen molar-refractivity contribution in [2.24, 2.45) is 0 Å². The van der Waals surface area contributed by atoms with Crippen molar-refractivity contribution < 1.29 is 18.0 Å². The van der Waals surface area contributed by atoms with E-state index in [2.05, 4.69) is 5.32 Å². The molecule has 8 heteroatoms. The largest absolute Gasteiger partial charge is 0.416 e. The Morgan fingerprint density at radius 2 is 2.04 bits per heavy atom. The summed E-state index contributed by atoms with van der Waals surface area (Å²) in [5.41, 5.74) is -0.668. The highest BCUT2D eigenvalue weighted by Gasteiger charge is 2.31. The average Bonchev–Trinajstić information content (AvgIpc) is 2.54. The van der Waals surface area contributed by atoms with Gasteiger partial charge < -0.3 is 15.1 Å². The number of anilines is 1. The van der Waals surface area contributed by atoms with Crippen LogP contribution in [0.3, 0.4) is 0 Å². The van der Waals surface area contributed by atoms with Gasteiger partial charge in [-0.1, -0.05) is 0 Å². The molecule has 0 unspecified atom stereocenters. The van der Waals surface area contributed by atoms with Crippen LogP contribution in [0, 0.1) is 11.3 Å². The van der Waals surface area contributed by atoms with E-state index in [9.17, 15) is 18.0 Å². The Morgan fingerprint density at radius 1 is 1.39 bits per heavy atom. The molecule has 0 aromatic heterocycles. The number of nitriles is 1. The number of benzene rings is 1. The molecule has 0 bridgehead atoms. The maximum Gasteiger partial charge on any atom is 0.416 e. The van der Waals surface area contributed by atoms with Crippen molar-refractivity contribution in [3.63, 3.8) is 0 Å². The molecule has 1 saturated heterocycles. The Kier molecular flexibility index (Phi) is 5.11. The molecule has 1 fully saturated rings. The molecular formula is C15H17F3N4O. The van der Waals surface area contributed by atoms with Crippen molar-refractivity contribution in [1.29, 1.82) is 5.26 Å². The molecular weight excluding hydrogens is 309 g/mol. The Morgan fingerprint density at radius 3 is 2.61 bits per heavy atom. The zero-order valence-electron chi connectivity index (χ0n) is 12.7. The molecule has 1 amide bonds. The van der Waals surface area contributed by atoms with Crippen LogP contribution < -0.4 is 10.2 Å². The number of carbonyl (C=O) groups excluding carboxylic acids is 1. The van der Waals surface area contributed by atoms with Crippen LogP contribution in [0.25, 0.3) is 0 Å². The van der Waals surface area contributed by atoms with Crippen LogP contribution in [0.4, 0.5) is 18.9 Å². The number of carbonyl (C=O) groups is 1. The summed E-state index contributed by atoms with van der Waals surface area (Å²) in [5.74, 6) is -0.113. The monoisotopic (exact) mass is 326 g/mol. The maximum atomic E-state index is 12.7. The first-order chi connectivity index (χ1) is 10.8. The third-order valence-corrected chi connectivity index (χ3v) is 3.70. The topological polar surface area (TPSA) is 59.4 Å². The lowest BCUT2D eigenvalue weighted by atomic mass is 10.1. The highest BCUT2D eigenvalue weighted by molar-refractivity contribution is 5.82. The number of likely N-dealkylation sites (N-methyl/N-ethyl adjacent to an activating group) is 1. The maximum absolute atomic E-state index is 12.7. The van der Waals surface area contributed by atoms with Gasteiger partial charge in [-0.15, -0.1) is 0 Å². The number of alkyl halides is 3. The molecule has 0 aliphatic carbocycles. The van der Waals surface area contributed by atoms with E-state index in [1.165, 1.54) is 11.0 Å². The highest BCUT2D eigenvalue weighted by Crippen LogP contribution is 2.32. The van der Waals surface area contributed by atoms with E-state index < -0.39 is 11.7 Å². The number of halogens is 3. The molecule has 2 rings (SSSR count). The number of amides is 1. The summed E-state index contributed by atoms with van der Waals surface area (Å²) >= 11 is 0. The van der Waals surface area contributed by atoms with Gasteiger partial charge in [-0.05, 0) is 18.2 Å². The van der Waals surface area contributed by atoms with Crippen molar-refractivity contribution in [2.45, 2.75) is 6.18 Å². The fourth-order valence-electron chi connectivity index (χ4n) is 2.44.